The molecule has 0 aromatic heterocycles. The van der Waals surface area contributed by atoms with Gasteiger partial charge in [-0.05, 0) is 37.5 Å². The monoisotopic (exact) mass is 259 g/mol. The third kappa shape index (κ3) is 3.65. The highest BCUT2D eigenvalue weighted by molar-refractivity contribution is 5.51. The predicted molar refractivity (Wildman–Crippen MR) is 69.0 cm³/mol. The van der Waals surface area contributed by atoms with Crippen LogP contribution in [0.3, 0.4) is 0 Å². The minimum Gasteiger partial charge on any atom is -0.372 e. The van der Waals surface area contributed by atoms with Gasteiger partial charge >= 0.3 is 6.18 Å². The fraction of sp³-hybridized carbons (Fsp3) is 0.571. The minimum atomic E-state index is -4.27. The molecule has 0 spiro atoms. The topological polar surface area (TPSA) is 3.24 Å². The molecule has 0 heterocycles. The van der Waals surface area contributed by atoms with Crippen molar-refractivity contribution >= 4 is 5.69 Å². The molecule has 0 aliphatic heterocycles. The van der Waals surface area contributed by atoms with Crippen LogP contribution in [0, 0.1) is 6.92 Å². The van der Waals surface area contributed by atoms with E-state index in [0.717, 1.165) is 25.9 Å². The minimum absolute atomic E-state index is 0.277. The smallest absolute Gasteiger partial charge is 0.372 e. The zero-order valence-corrected chi connectivity index (χ0v) is 11.1. The summed E-state index contributed by atoms with van der Waals surface area (Å²) in [5.74, 6) is 0. The zero-order valence-electron chi connectivity index (χ0n) is 11.1. The molecule has 0 radical (unpaired) electrons. The van der Waals surface area contributed by atoms with Gasteiger partial charge in [0.1, 0.15) is 0 Å². The van der Waals surface area contributed by atoms with Crippen LogP contribution in [0.25, 0.3) is 0 Å². The lowest BCUT2D eigenvalue weighted by Crippen LogP contribution is -2.25. The van der Waals surface area contributed by atoms with Gasteiger partial charge in [-0.15, -0.1) is 0 Å². The second-order valence-electron chi connectivity index (χ2n) is 4.48. The Morgan fingerprint density at radius 3 is 2.06 bits per heavy atom. The molecule has 18 heavy (non-hydrogen) atoms. The number of hydrogen-bond acceptors (Lipinski definition) is 1. The Morgan fingerprint density at radius 1 is 1.06 bits per heavy atom. The van der Waals surface area contributed by atoms with Crippen molar-refractivity contribution in [2.75, 3.05) is 18.0 Å². The van der Waals surface area contributed by atoms with E-state index in [-0.39, 0.29) is 5.56 Å². The van der Waals surface area contributed by atoms with Gasteiger partial charge in [-0.2, -0.15) is 13.2 Å². The van der Waals surface area contributed by atoms with Crippen LogP contribution in [-0.2, 0) is 6.18 Å². The first-order valence-electron chi connectivity index (χ1n) is 6.33. The van der Waals surface area contributed by atoms with Crippen LogP contribution in [0.1, 0.15) is 37.8 Å². The number of hydrogen-bond donors (Lipinski definition) is 0. The highest BCUT2D eigenvalue weighted by atomic mass is 19.4. The molecule has 0 amide bonds. The highest BCUT2D eigenvalue weighted by Gasteiger charge is 2.32. The zero-order chi connectivity index (χ0) is 13.8. The third-order valence-corrected chi connectivity index (χ3v) is 2.88. The van der Waals surface area contributed by atoms with Crippen molar-refractivity contribution in [2.24, 2.45) is 0 Å². The normalized spacial score (nSPS) is 11.7. The van der Waals surface area contributed by atoms with Gasteiger partial charge in [0.15, 0.2) is 0 Å². The lowest BCUT2D eigenvalue weighted by Gasteiger charge is -2.25. The molecule has 0 saturated heterocycles. The van der Waals surface area contributed by atoms with Crippen LogP contribution in [0.15, 0.2) is 18.2 Å². The highest BCUT2D eigenvalue weighted by Crippen LogP contribution is 2.34. The quantitative estimate of drug-likeness (QED) is 0.744. The van der Waals surface area contributed by atoms with Gasteiger partial charge in [-0.3, -0.25) is 0 Å². The van der Waals surface area contributed by atoms with Crippen molar-refractivity contribution in [1.29, 1.82) is 0 Å². The first-order valence-corrected chi connectivity index (χ1v) is 6.33. The average Bonchev–Trinajstić information content (AvgIpc) is 2.28. The van der Waals surface area contributed by atoms with E-state index < -0.39 is 11.7 Å². The summed E-state index contributed by atoms with van der Waals surface area (Å²) in [5, 5.41) is 0. The Labute approximate surface area is 107 Å². The van der Waals surface area contributed by atoms with Crippen molar-refractivity contribution in [3.63, 3.8) is 0 Å². The maximum absolute atomic E-state index is 12.8. The Balaban J connectivity index is 3.09. The largest absolute Gasteiger partial charge is 0.416 e. The fourth-order valence-electron chi connectivity index (χ4n) is 2.02. The first-order chi connectivity index (χ1) is 8.40. The van der Waals surface area contributed by atoms with E-state index in [0.29, 0.717) is 5.69 Å². The maximum Gasteiger partial charge on any atom is 0.416 e. The molecule has 0 bridgehead atoms. The Bertz CT molecular complexity index is 379. The maximum atomic E-state index is 12.8. The van der Waals surface area contributed by atoms with Crippen LogP contribution in [0.4, 0.5) is 18.9 Å². The number of nitrogens with zero attached hydrogens (tertiary/aromatic N) is 1. The third-order valence-electron chi connectivity index (χ3n) is 2.88. The van der Waals surface area contributed by atoms with E-state index in [4.69, 9.17) is 0 Å². The van der Waals surface area contributed by atoms with Gasteiger partial charge in [-0.1, -0.05) is 19.9 Å². The van der Waals surface area contributed by atoms with Crippen LogP contribution in [0.2, 0.25) is 0 Å². The molecule has 0 atom stereocenters. The number of halogens is 3. The van der Waals surface area contributed by atoms with Crippen LogP contribution in [-0.4, -0.2) is 13.1 Å². The summed E-state index contributed by atoms with van der Waals surface area (Å²) in [6.07, 6.45) is -2.42. The molecule has 0 fully saturated rings. The number of aryl methyl sites for hydroxylation is 1. The molecule has 1 aromatic rings. The molecule has 0 N–H and O–H groups in total. The van der Waals surface area contributed by atoms with Gasteiger partial charge < -0.3 is 4.90 Å². The summed E-state index contributed by atoms with van der Waals surface area (Å²) in [4.78, 5) is 2.01. The Hall–Kier alpha value is -1.19. The molecule has 0 saturated carbocycles. The number of anilines is 1. The molecule has 0 aliphatic carbocycles. The van der Waals surface area contributed by atoms with Crippen molar-refractivity contribution in [3.05, 3.63) is 29.3 Å². The van der Waals surface area contributed by atoms with Gasteiger partial charge in [0.05, 0.1) is 5.56 Å². The fourth-order valence-corrected chi connectivity index (χ4v) is 2.02. The van der Waals surface area contributed by atoms with Crippen molar-refractivity contribution in [2.45, 2.75) is 39.8 Å². The molecule has 1 nitrogen and oxygen atoms in total. The van der Waals surface area contributed by atoms with Crippen LogP contribution >= 0.6 is 0 Å². The molecular weight excluding hydrogens is 239 g/mol. The first kappa shape index (κ1) is 14.9. The van der Waals surface area contributed by atoms with E-state index >= 15 is 0 Å². The molecule has 1 aromatic carbocycles. The van der Waals surface area contributed by atoms with E-state index in [1.165, 1.54) is 13.0 Å². The van der Waals surface area contributed by atoms with Gasteiger partial charge in [0.25, 0.3) is 0 Å². The Kier molecular flexibility index (Phi) is 5.05. The van der Waals surface area contributed by atoms with Crippen molar-refractivity contribution in [1.82, 2.24) is 0 Å². The second-order valence-corrected chi connectivity index (χ2v) is 4.48. The lowest BCUT2D eigenvalue weighted by atomic mass is 10.1. The predicted octanol–water partition coefficient (Wildman–Crippen LogP) is 4.64. The van der Waals surface area contributed by atoms with Crippen LogP contribution < -0.4 is 4.90 Å². The molecule has 0 aliphatic rings. The summed E-state index contributed by atoms with van der Waals surface area (Å²) in [7, 11) is 0. The van der Waals surface area contributed by atoms with Crippen molar-refractivity contribution in [3.8, 4) is 0 Å². The standard InChI is InChI=1S/C14H20F3N/c1-4-8-18(9-5-2)12-7-6-11(3)13(10-12)14(15,16)17/h6-7,10H,4-5,8-9H2,1-3H3. The van der Waals surface area contributed by atoms with E-state index in [2.05, 4.69) is 0 Å². The SMILES string of the molecule is CCCN(CCC)c1ccc(C)c(C(F)(F)F)c1. The molecule has 4 heteroatoms. The molecule has 0 unspecified atom stereocenters. The number of rotatable bonds is 5. The Morgan fingerprint density at radius 2 is 1.61 bits per heavy atom. The lowest BCUT2D eigenvalue weighted by molar-refractivity contribution is -0.138. The van der Waals surface area contributed by atoms with Crippen molar-refractivity contribution < 1.29 is 13.2 Å². The van der Waals surface area contributed by atoms with Gasteiger partial charge in [0.2, 0.25) is 0 Å². The number of benzene rings is 1. The second kappa shape index (κ2) is 6.12. The molecule has 102 valence electrons. The summed E-state index contributed by atoms with van der Waals surface area (Å²) >= 11 is 0. The number of alkyl halides is 3. The molecule has 1 rings (SSSR count). The molecular formula is C14H20F3N. The van der Waals surface area contributed by atoms with Crippen LogP contribution in [0.5, 0.6) is 0 Å². The van der Waals surface area contributed by atoms with Gasteiger partial charge in [0, 0.05) is 18.8 Å². The summed E-state index contributed by atoms with van der Waals surface area (Å²) in [6.45, 7) is 7.13. The van der Waals surface area contributed by atoms with E-state index in [1.807, 2.05) is 18.7 Å². The van der Waals surface area contributed by atoms with Gasteiger partial charge in [-0.25, -0.2) is 0 Å². The summed E-state index contributed by atoms with van der Waals surface area (Å²) in [5.41, 5.74) is 0.410. The average molecular weight is 259 g/mol. The summed E-state index contributed by atoms with van der Waals surface area (Å²) < 4.78 is 38.5. The summed E-state index contributed by atoms with van der Waals surface area (Å²) in [6, 6.07) is 4.59. The van der Waals surface area contributed by atoms with E-state index in [1.54, 1.807) is 12.1 Å². The van der Waals surface area contributed by atoms with E-state index in [9.17, 15) is 13.2 Å².